The number of carbonyl (C=O) groups excluding carboxylic acids is 1. The average Bonchev–Trinajstić information content (AvgIpc) is 3.20. The molecule has 1 aliphatic rings. The minimum atomic E-state index is -3.83. The molecule has 1 aromatic heterocycles. The highest BCUT2D eigenvalue weighted by Gasteiger charge is 2.26. The predicted molar refractivity (Wildman–Crippen MR) is 116 cm³/mol. The van der Waals surface area contributed by atoms with Gasteiger partial charge in [0.2, 0.25) is 0 Å². The van der Waals surface area contributed by atoms with Crippen LogP contribution in [0.5, 0.6) is 0 Å². The second-order valence-electron chi connectivity index (χ2n) is 6.83. The summed E-state index contributed by atoms with van der Waals surface area (Å²) in [6.07, 6.45) is 0.828. The van der Waals surface area contributed by atoms with E-state index < -0.39 is 10.0 Å². The molecule has 8 heteroatoms. The number of anilines is 1. The molecule has 29 heavy (non-hydrogen) atoms. The molecular weight excluding hydrogens is 428 g/mol. The quantitative estimate of drug-likeness (QED) is 0.595. The number of hydrogen-bond donors (Lipinski definition) is 0. The van der Waals surface area contributed by atoms with E-state index in [9.17, 15) is 13.2 Å². The molecule has 2 aromatic carbocycles. The van der Waals surface area contributed by atoms with Crippen molar-refractivity contribution in [1.29, 1.82) is 0 Å². The summed E-state index contributed by atoms with van der Waals surface area (Å²) >= 11 is 7.71. The van der Waals surface area contributed by atoms with Gasteiger partial charge in [-0.25, -0.2) is 8.42 Å². The van der Waals surface area contributed by atoms with Gasteiger partial charge < -0.3 is 4.90 Å². The summed E-state index contributed by atoms with van der Waals surface area (Å²) in [5.41, 5.74) is 1.98. The lowest BCUT2D eigenvalue weighted by Gasteiger charge is -2.27. The Kier molecular flexibility index (Phi) is 5.38. The average molecular weight is 447 g/mol. The van der Waals surface area contributed by atoms with Crippen LogP contribution in [-0.2, 0) is 23.0 Å². The summed E-state index contributed by atoms with van der Waals surface area (Å²) in [5, 5.41) is 2.49. The number of hydrogen-bond acceptors (Lipinski definition) is 4. The van der Waals surface area contributed by atoms with Crippen molar-refractivity contribution in [2.75, 3.05) is 17.9 Å². The van der Waals surface area contributed by atoms with E-state index in [0.29, 0.717) is 29.4 Å². The minimum absolute atomic E-state index is 0.0686. The van der Waals surface area contributed by atoms with Crippen molar-refractivity contribution in [2.24, 2.45) is 0 Å². The third-order valence-corrected chi connectivity index (χ3v) is 8.05. The van der Waals surface area contributed by atoms with Gasteiger partial charge >= 0.3 is 0 Å². The molecule has 0 radical (unpaired) electrons. The van der Waals surface area contributed by atoms with Gasteiger partial charge in [-0.3, -0.25) is 9.10 Å². The number of nitrogens with zero attached hydrogens (tertiary/aromatic N) is 2. The van der Waals surface area contributed by atoms with Gasteiger partial charge in [-0.2, -0.15) is 0 Å². The van der Waals surface area contributed by atoms with Gasteiger partial charge in [0.1, 0.15) is 0 Å². The smallest absolute Gasteiger partial charge is 0.264 e. The second kappa shape index (κ2) is 7.82. The molecule has 4 rings (SSSR count). The van der Waals surface area contributed by atoms with E-state index >= 15 is 0 Å². The first-order chi connectivity index (χ1) is 13.9. The number of rotatable bonds is 4. The van der Waals surface area contributed by atoms with Gasteiger partial charge in [-0.15, -0.1) is 11.3 Å². The normalized spacial score (nSPS) is 13.8. The Morgan fingerprint density at radius 1 is 1.14 bits per heavy atom. The standard InChI is InChI=1S/C21H19ClN2O3S2/c1-23(18-6-3-5-17(22)13-18)29(26,27)19-7-2-4-15(12-19)21(25)24-10-8-20-16(14-24)9-11-28-20/h2-7,9,11-13H,8,10,14H2,1H3. The van der Waals surface area contributed by atoms with Gasteiger partial charge in [0, 0.05) is 35.6 Å². The fourth-order valence-electron chi connectivity index (χ4n) is 3.36. The number of halogens is 1. The Labute approximate surface area is 179 Å². The van der Waals surface area contributed by atoms with Gasteiger partial charge in [0.25, 0.3) is 15.9 Å². The predicted octanol–water partition coefficient (Wildman–Crippen LogP) is 4.43. The van der Waals surface area contributed by atoms with Crippen LogP contribution < -0.4 is 4.31 Å². The first kappa shape index (κ1) is 19.9. The zero-order chi connectivity index (χ0) is 20.6. The summed E-state index contributed by atoms with van der Waals surface area (Å²) in [6.45, 7) is 1.18. The molecular formula is C21H19ClN2O3S2. The highest BCUT2D eigenvalue weighted by atomic mass is 35.5. The monoisotopic (exact) mass is 446 g/mol. The molecule has 0 bridgehead atoms. The minimum Gasteiger partial charge on any atom is -0.334 e. The highest BCUT2D eigenvalue weighted by Crippen LogP contribution is 2.27. The SMILES string of the molecule is CN(c1cccc(Cl)c1)S(=O)(=O)c1cccc(C(=O)N2CCc3sccc3C2)c1. The molecule has 0 spiro atoms. The molecule has 0 saturated carbocycles. The summed E-state index contributed by atoms with van der Waals surface area (Å²) in [5.74, 6) is -0.163. The third-order valence-electron chi connectivity index (χ3n) is 5.01. The van der Waals surface area contributed by atoms with Gasteiger partial charge in [-0.05, 0) is 59.8 Å². The first-order valence-corrected chi connectivity index (χ1v) is 11.7. The largest absolute Gasteiger partial charge is 0.334 e. The van der Waals surface area contributed by atoms with E-state index in [4.69, 9.17) is 11.6 Å². The van der Waals surface area contributed by atoms with Crippen molar-refractivity contribution in [1.82, 2.24) is 4.90 Å². The maximum Gasteiger partial charge on any atom is 0.264 e. The van der Waals surface area contributed by atoms with Gasteiger partial charge in [0.05, 0.1) is 10.6 Å². The van der Waals surface area contributed by atoms with E-state index in [2.05, 4.69) is 0 Å². The Morgan fingerprint density at radius 2 is 1.93 bits per heavy atom. The molecule has 5 nitrogen and oxygen atoms in total. The van der Waals surface area contributed by atoms with Crippen molar-refractivity contribution < 1.29 is 13.2 Å². The van der Waals surface area contributed by atoms with Crippen LogP contribution in [0.15, 0.2) is 64.9 Å². The van der Waals surface area contributed by atoms with E-state index in [0.717, 1.165) is 6.42 Å². The number of fused-ring (bicyclic) bond motifs is 1. The molecule has 150 valence electrons. The molecule has 0 atom stereocenters. The first-order valence-electron chi connectivity index (χ1n) is 9.05. The molecule has 0 fully saturated rings. The molecule has 3 aromatic rings. The van der Waals surface area contributed by atoms with Gasteiger partial charge in [-0.1, -0.05) is 23.7 Å². The lowest BCUT2D eigenvalue weighted by Crippen LogP contribution is -2.35. The van der Waals surface area contributed by atoms with Crippen LogP contribution in [0.4, 0.5) is 5.69 Å². The number of amides is 1. The zero-order valence-electron chi connectivity index (χ0n) is 15.7. The molecule has 0 saturated heterocycles. The number of carbonyl (C=O) groups is 1. The number of thiophene rings is 1. The van der Waals surface area contributed by atoms with Crippen molar-refractivity contribution in [2.45, 2.75) is 17.9 Å². The maximum atomic E-state index is 13.1. The summed E-state index contributed by atoms with van der Waals surface area (Å²) < 4.78 is 27.3. The highest BCUT2D eigenvalue weighted by molar-refractivity contribution is 7.92. The van der Waals surface area contributed by atoms with E-state index in [1.165, 1.54) is 33.9 Å². The Bertz CT molecular complexity index is 1170. The lowest BCUT2D eigenvalue weighted by atomic mass is 10.1. The van der Waals surface area contributed by atoms with Crippen LogP contribution in [0, 0.1) is 0 Å². The molecule has 1 amide bonds. The lowest BCUT2D eigenvalue weighted by molar-refractivity contribution is 0.0735. The van der Waals surface area contributed by atoms with Crippen molar-refractivity contribution in [3.63, 3.8) is 0 Å². The van der Waals surface area contributed by atoms with Crippen LogP contribution in [0.2, 0.25) is 5.02 Å². The Morgan fingerprint density at radius 3 is 2.72 bits per heavy atom. The summed E-state index contributed by atoms with van der Waals surface area (Å²) in [6, 6.07) is 14.9. The van der Waals surface area contributed by atoms with E-state index in [1.807, 2.05) is 11.4 Å². The molecule has 0 N–H and O–H groups in total. The summed E-state index contributed by atoms with van der Waals surface area (Å²) in [7, 11) is -2.36. The molecule has 0 unspecified atom stereocenters. The molecule has 2 heterocycles. The van der Waals surface area contributed by atoms with Crippen LogP contribution in [-0.4, -0.2) is 32.8 Å². The Hall–Kier alpha value is -2.35. The van der Waals surface area contributed by atoms with Crippen molar-refractivity contribution >= 4 is 44.6 Å². The number of sulfonamides is 1. The van der Waals surface area contributed by atoms with Gasteiger partial charge in [0.15, 0.2) is 0 Å². The Balaban J connectivity index is 1.60. The molecule has 1 aliphatic heterocycles. The van der Waals surface area contributed by atoms with Crippen LogP contribution >= 0.6 is 22.9 Å². The number of benzene rings is 2. The van der Waals surface area contributed by atoms with E-state index in [-0.39, 0.29) is 10.8 Å². The van der Waals surface area contributed by atoms with E-state index in [1.54, 1.807) is 52.6 Å². The fourth-order valence-corrected chi connectivity index (χ4v) is 5.67. The second-order valence-corrected chi connectivity index (χ2v) is 10.2. The zero-order valence-corrected chi connectivity index (χ0v) is 18.1. The maximum absolute atomic E-state index is 13.1. The molecule has 0 aliphatic carbocycles. The van der Waals surface area contributed by atoms with Crippen LogP contribution in [0.1, 0.15) is 20.8 Å². The van der Waals surface area contributed by atoms with Crippen molar-refractivity contribution in [3.8, 4) is 0 Å². The van der Waals surface area contributed by atoms with Crippen LogP contribution in [0.25, 0.3) is 0 Å². The topological polar surface area (TPSA) is 57.7 Å². The fraction of sp³-hybridized carbons (Fsp3) is 0.190. The van der Waals surface area contributed by atoms with Crippen molar-refractivity contribution in [3.05, 3.63) is 81.0 Å². The third kappa shape index (κ3) is 3.90. The van der Waals surface area contributed by atoms with Crippen LogP contribution in [0.3, 0.4) is 0 Å². The summed E-state index contributed by atoms with van der Waals surface area (Å²) in [4.78, 5) is 16.1.